The molecule has 1 aliphatic heterocycles. The van der Waals surface area contributed by atoms with Crippen molar-refractivity contribution in [1.29, 1.82) is 0 Å². The fraction of sp³-hybridized carbons (Fsp3) is 0.0417. The van der Waals surface area contributed by atoms with Gasteiger partial charge in [-0.2, -0.15) is 0 Å². The van der Waals surface area contributed by atoms with E-state index in [1.54, 1.807) is 30.3 Å². The van der Waals surface area contributed by atoms with Crippen molar-refractivity contribution in [3.05, 3.63) is 108 Å². The lowest BCUT2D eigenvalue weighted by Crippen LogP contribution is -2.30. The van der Waals surface area contributed by atoms with E-state index in [1.807, 2.05) is 48.5 Å². The topological polar surface area (TPSA) is 49.7 Å². The van der Waals surface area contributed by atoms with Gasteiger partial charge in [-0.05, 0) is 35.9 Å². The molecule has 0 unspecified atom stereocenters. The highest BCUT2D eigenvalue weighted by molar-refractivity contribution is 8.14. The molecular weight excluding hydrogens is 399 g/mol. The van der Waals surface area contributed by atoms with E-state index in [0.29, 0.717) is 22.0 Å². The van der Waals surface area contributed by atoms with Crippen LogP contribution in [0.4, 0.5) is 10.1 Å². The highest BCUT2D eigenvalue weighted by Gasteiger charge is 2.32. The summed E-state index contributed by atoms with van der Waals surface area (Å²) in [6, 6.07) is 24.0. The highest BCUT2D eigenvalue weighted by Crippen LogP contribution is 2.29. The number of ketones is 1. The molecule has 0 fully saturated rings. The molecule has 6 heteroatoms. The second-order valence-corrected chi connectivity index (χ2v) is 7.47. The molecule has 0 N–H and O–H groups in total. The van der Waals surface area contributed by atoms with Crippen LogP contribution in [0.1, 0.15) is 15.9 Å². The van der Waals surface area contributed by atoms with Crippen molar-refractivity contribution in [3.63, 3.8) is 0 Å². The van der Waals surface area contributed by atoms with Crippen molar-refractivity contribution in [2.75, 3.05) is 10.7 Å². The molecule has 4 nitrogen and oxygen atoms in total. The van der Waals surface area contributed by atoms with Crippen molar-refractivity contribution >= 4 is 40.4 Å². The molecule has 30 heavy (non-hydrogen) atoms. The zero-order chi connectivity index (χ0) is 20.9. The monoisotopic (exact) mass is 416 g/mol. The van der Waals surface area contributed by atoms with Crippen molar-refractivity contribution in [2.45, 2.75) is 0 Å². The third-order valence-corrected chi connectivity index (χ3v) is 5.38. The zero-order valence-corrected chi connectivity index (χ0v) is 16.7. The van der Waals surface area contributed by atoms with Crippen LogP contribution in [0.2, 0.25) is 0 Å². The summed E-state index contributed by atoms with van der Waals surface area (Å²) < 4.78 is 13.2. The Morgan fingerprint density at radius 1 is 0.933 bits per heavy atom. The number of anilines is 1. The van der Waals surface area contributed by atoms with Gasteiger partial charge < -0.3 is 0 Å². The lowest BCUT2D eigenvalue weighted by molar-refractivity contribution is -0.113. The summed E-state index contributed by atoms with van der Waals surface area (Å²) in [7, 11) is 0. The van der Waals surface area contributed by atoms with Crippen LogP contribution in [0, 0.1) is 5.82 Å². The predicted octanol–water partition coefficient (Wildman–Crippen LogP) is 5.19. The summed E-state index contributed by atoms with van der Waals surface area (Å²) in [5.74, 6) is -0.525. The first kappa shape index (κ1) is 19.8. The van der Waals surface area contributed by atoms with Gasteiger partial charge in [-0.15, -0.1) is 0 Å². The van der Waals surface area contributed by atoms with Crippen LogP contribution in [-0.4, -0.2) is 22.6 Å². The van der Waals surface area contributed by atoms with Crippen LogP contribution in [-0.2, 0) is 4.79 Å². The maximum atomic E-state index is 13.2. The van der Waals surface area contributed by atoms with Gasteiger partial charge in [-0.3, -0.25) is 14.5 Å². The SMILES string of the molecule is O=C(CSC1=N/C(=C/c2ccc(F)cc2)C(=O)N1c1ccccc1)c1ccccc1. The molecule has 1 aliphatic rings. The summed E-state index contributed by atoms with van der Waals surface area (Å²) in [6.45, 7) is 0. The predicted molar refractivity (Wildman–Crippen MR) is 119 cm³/mol. The zero-order valence-electron chi connectivity index (χ0n) is 15.9. The number of Topliss-reactive ketones (excluding diaryl/α,β-unsaturated/α-hetero) is 1. The Morgan fingerprint density at radius 3 is 2.23 bits per heavy atom. The third-order valence-electron chi connectivity index (χ3n) is 4.45. The number of aliphatic imine (C=N–C) groups is 1. The molecule has 0 saturated heterocycles. The summed E-state index contributed by atoms with van der Waals surface area (Å²) in [5.41, 5.74) is 2.19. The van der Waals surface area contributed by atoms with Gasteiger partial charge in [-0.1, -0.05) is 72.4 Å². The summed E-state index contributed by atoms with van der Waals surface area (Å²) in [5, 5.41) is 0.434. The Kier molecular flexibility index (Phi) is 5.86. The van der Waals surface area contributed by atoms with Gasteiger partial charge >= 0.3 is 0 Å². The summed E-state index contributed by atoms with van der Waals surface area (Å²) in [6.07, 6.45) is 1.62. The van der Waals surface area contributed by atoms with Crippen LogP contribution < -0.4 is 4.90 Å². The highest BCUT2D eigenvalue weighted by atomic mass is 32.2. The van der Waals surface area contributed by atoms with Crippen molar-refractivity contribution in [3.8, 4) is 0 Å². The van der Waals surface area contributed by atoms with E-state index in [9.17, 15) is 14.0 Å². The Morgan fingerprint density at radius 2 is 1.57 bits per heavy atom. The number of nitrogens with zero attached hydrogens (tertiary/aromatic N) is 2. The van der Waals surface area contributed by atoms with Crippen molar-refractivity contribution < 1.29 is 14.0 Å². The van der Waals surface area contributed by atoms with E-state index in [2.05, 4.69) is 4.99 Å². The largest absolute Gasteiger partial charge is 0.293 e. The molecular formula is C24H17FN2O2S. The minimum absolute atomic E-state index is 0.0419. The number of rotatable bonds is 5. The number of carbonyl (C=O) groups excluding carboxylic acids is 2. The number of thioether (sulfide) groups is 1. The van der Waals surface area contributed by atoms with Gasteiger partial charge in [0.2, 0.25) is 0 Å². The lowest BCUT2D eigenvalue weighted by Gasteiger charge is -2.17. The molecule has 1 heterocycles. The number of para-hydroxylation sites is 1. The van der Waals surface area contributed by atoms with Crippen LogP contribution in [0.5, 0.6) is 0 Å². The second-order valence-electron chi connectivity index (χ2n) is 6.53. The van der Waals surface area contributed by atoms with Crippen molar-refractivity contribution in [1.82, 2.24) is 0 Å². The van der Waals surface area contributed by atoms with Gasteiger partial charge in [0.25, 0.3) is 5.91 Å². The number of carbonyl (C=O) groups is 2. The minimum atomic E-state index is -0.347. The Balaban J connectivity index is 1.62. The summed E-state index contributed by atoms with van der Waals surface area (Å²) >= 11 is 1.22. The lowest BCUT2D eigenvalue weighted by atomic mass is 10.2. The van der Waals surface area contributed by atoms with Gasteiger partial charge in [-0.25, -0.2) is 9.38 Å². The smallest absolute Gasteiger partial charge is 0.283 e. The molecule has 0 radical (unpaired) electrons. The molecule has 0 aliphatic carbocycles. The maximum Gasteiger partial charge on any atom is 0.283 e. The third kappa shape index (κ3) is 4.39. The molecule has 3 aromatic carbocycles. The van der Waals surface area contributed by atoms with E-state index in [-0.39, 0.29) is 29.0 Å². The number of hydrogen-bond acceptors (Lipinski definition) is 4. The summed E-state index contributed by atoms with van der Waals surface area (Å²) in [4.78, 5) is 31.6. The number of amidine groups is 1. The van der Waals surface area contributed by atoms with Crippen LogP contribution in [0.25, 0.3) is 6.08 Å². The average molecular weight is 416 g/mol. The van der Waals surface area contributed by atoms with E-state index < -0.39 is 0 Å². The Hall–Kier alpha value is -3.51. The molecule has 148 valence electrons. The molecule has 0 aromatic heterocycles. The van der Waals surface area contributed by atoms with Crippen molar-refractivity contribution in [2.24, 2.45) is 4.99 Å². The fourth-order valence-corrected chi connectivity index (χ4v) is 3.86. The molecule has 0 spiro atoms. The minimum Gasteiger partial charge on any atom is -0.293 e. The van der Waals surface area contributed by atoms with E-state index in [4.69, 9.17) is 0 Å². The Labute approximate surface area is 177 Å². The van der Waals surface area contributed by atoms with Gasteiger partial charge in [0.15, 0.2) is 11.0 Å². The van der Waals surface area contributed by atoms with E-state index >= 15 is 0 Å². The van der Waals surface area contributed by atoms with Crippen LogP contribution in [0.15, 0.2) is 95.6 Å². The maximum absolute atomic E-state index is 13.2. The number of halogens is 1. The molecule has 0 atom stereocenters. The molecule has 0 saturated carbocycles. The first-order valence-corrected chi connectivity index (χ1v) is 10.3. The molecule has 3 aromatic rings. The average Bonchev–Trinajstić information content (AvgIpc) is 3.09. The quantitative estimate of drug-likeness (QED) is 0.425. The molecule has 1 amide bonds. The van der Waals surface area contributed by atoms with E-state index in [1.165, 1.54) is 28.8 Å². The van der Waals surface area contributed by atoms with Crippen LogP contribution in [0.3, 0.4) is 0 Å². The number of amides is 1. The molecule has 0 bridgehead atoms. The van der Waals surface area contributed by atoms with Crippen LogP contribution >= 0.6 is 11.8 Å². The second kappa shape index (κ2) is 8.88. The molecule has 4 rings (SSSR count). The first-order valence-electron chi connectivity index (χ1n) is 9.28. The standard InChI is InChI=1S/C24H17FN2O2S/c25-19-13-11-17(12-14-19)15-21-23(29)27(20-9-5-2-6-10-20)24(26-21)30-16-22(28)18-7-3-1-4-8-18/h1-15H,16H2/b21-15+. The number of hydrogen-bond donors (Lipinski definition) is 0. The fourth-order valence-electron chi connectivity index (χ4n) is 2.95. The van der Waals surface area contributed by atoms with Gasteiger partial charge in [0.1, 0.15) is 11.5 Å². The normalized spacial score (nSPS) is 14.8. The first-order chi connectivity index (χ1) is 14.6. The van der Waals surface area contributed by atoms with E-state index in [0.717, 1.165) is 0 Å². The number of benzene rings is 3. The Bertz CT molecular complexity index is 1130. The van der Waals surface area contributed by atoms with Gasteiger partial charge in [0, 0.05) is 5.56 Å². The van der Waals surface area contributed by atoms with Gasteiger partial charge in [0.05, 0.1) is 11.4 Å².